The van der Waals surface area contributed by atoms with E-state index in [1.54, 1.807) is 13.2 Å². The van der Waals surface area contributed by atoms with E-state index < -0.39 is 0 Å². The molecule has 0 bridgehead atoms. The van der Waals surface area contributed by atoms with Crippen molar-refractivity contribution in [1.29, 1.82) is 0 Å². The second kappa shape index (κ2) is 8.14. The van der Waals surface area contributed by atoms with Crippen LogP contribution in [-0.2, 0) is 20.0 Å². The fourth-order valence-corrected chi connectivity index (χ4v) is 2.51. The van der Waals surface area contributed by atoms with Gasteiger partial charge < -0.3 is 10.6 Å². The highest BCUT2D eigenvalue weighted by atomic mass is 15.3. The van der Waals surface area contributed by atoms with Gasteiger partial charge in [0.1, 0.15) is 0 Å². The first kappa shape index (κ1) is 16.8. The van der Waals surface area contributed by atoms with Crippen LogP contribution in [0.4, 0.5) is 0 Å². The Morgan fingerprint density at radius 1 is 1.12 bits per heavy atom. The Hall–Kier alpha value is -3.09. The molecule has 7 heteroatoms. The first-order chi connectivity index (χ1) is 12.3. The molecule has 0 atom stereocenters. The lowest BCUT2D eigenvalue weighted by molar-refractivity contribution is 0.684. The van der Waals surface area contributed by atoms with Crippen LogP contribution in [0.1, 0.15) is 11.3 Å². The average Bonchev–Trinajstić information content (AvgIpc) is 3.28. The fraction of sp³-hybridized carbons (Fsp3) is 0.278. The van der Waals surface area contributed by atoms with Gasteiger partial charge >= 0.3 is 0 Å². The maximum absolute atomic E-state index is 4.42. The van der Waals surface area contributed by atoms with E-state index in [4.69, 9.17) is 0 Å². The van der Waals surface area contributed by atoms with Crippen molar-refractivity contribution in [3.8, 4) is 5.69 Å². The van der Waals surface area contributed by atoms with Gasteiger partial charge in [-0.15, -0.1) is 0 Å². The third-order valence-corrected chi connectivity index (χ3v) is 3.95. The lowest BCUT2D eigenvalue weighted by Crippen LogP contribution is -2.38. The van der Waals surface area contributed by atoms with Crippen molar-refractivity contribution in [3.63, 3.8) is 0 Å². The van der Waals surface area contributed by atoms with Gasteiger partial charge in [0.2, 0.25) is 0 Å². The summed E-state index contributed by atoms with van der Waals surface area (Å²) in [6.07, 6.45) is 6.63. The number of benzene rings is 1. The zero-order chi connectivity index (χ0) is 17.5. The molecule has 0 aliphatic carbocycles. The second-order valence-corrected chi connectivity index (χ2v) is 5.68. The summed E-state index contributed by atoms with van der Waals surface area (Å²) < 4.78 is 3.74. The number of guanidine groups is 1. The molecule has 25 heavy (non-hydrogen) atoms. The van der Waals surface area contributed by atoms with Gasteiger partial charge in [0.15, 0.2) is 5.96 Å². The maximum Gasteiger partial charge on any atom is 0.191 e. The largest absolute Gasteiger partial charge is 0.356 e. The Labute approximate surface area is 147 Å². The second-order valence-electron chi connectivity index (χ2n) is 5.68. The number of para-hydroxylation sites is 1. The number of rotatable bonds is 6. The molecule has 7 nitrogen and oxygen atoms in total. The maximum atomic E-state index is 4.42. The standard InChI is InChI=1S/C18H23N7/c1-19-18(21-13-17-9-11-22-24(17)2)20-10-8-15-12-23-25(14-15)16-6-4-3-5-7-16/h3-7,9,11-12,14H,8,10,13H2,1-2H3,(H2,19,20,21). The van der Waals surface area contributed by atoms with Crippen molar-refractivity contribution in [2.24, 2.45) is 12.0 Å². The van der Waals surface area contributed by atoms with E-state index in [9.17, 15) is 0 Å². The molecule has 2 N–H and O–H groups in total. The van der Waals surface area contributed by atoms with Gasteiger partial charge in [0, 0.05) is 33.0 Å². The Balaban J connectivity index is 1.47. The van der Waals surface area contributed by atoms with Crippen LogP contribution in [0.5, 0.6) is 0 Å². The van der Waals surface area contributed by atoms with Gasteiger partial charge in [0.05, 0.1) is 24.1 Å². The highest BCUT2D eigenvalue weighted by molar-refractivity contribution is 5.79. The Morgan fingerprint density at radius 3 is 2.68 bits per heavy atom. The first-order valence-corrected chi connectivity index (χ1v) is 8.26. The van der Waals surface area contributed by atoms with E-state index in [0.717, 1.165) is 30.3 Å². The van der Waals surface area contributed by atoms with Gasteiger partial charge in [0.25, 0.3) is 0 Å². The van der Waals surface area contributed by atoms with Gasteiger partial charge in [-0.05, 0) is 30.2 Å². The Kier molecular flexibility index (Phi) is 5.46. The summed E-state index contributed by atoms with van der Waals surface area (Å²) in [7, 11) is 3.70. The molecule has 2 heterocycles. The lowest BCUT2D eigenvalue weighted by Gasteiger charge is -2.11. The van der Waals surface area contributed by atoms with E-state index in [1.165, 1.54) is 5.56 Å². The van der Waals surface area contributed by atoms with Crippen LogP contribution < -0.4 is 10.6 Å². The quantitative estimate of drug-likeness (QED) is 0.528. The molecule has 0 spiro atoms. The Morgan fingerprint density at radius 2 is 1.96 bits per heavy atom. The van der Waals surface area contributed by atoms with Gasteiger partial charge in [-0.1, -0.05) is 18.2 Å². The molecule has 130 valence electrons. The van der Waals surface area contributed by atoms with Crippen molar-refractivity contribution in [3.05, 3.63) is 66.2 Å². The predicted molar refractivity (Wildman–Crippen MR) is 98.7 cm³/mol. The minimum Gasteiger partial charge on any atom is -0.356 e. The number of aryl methyl sites for hydroxylation is 1. The number of aromatic nitrogens is 4. The van der Waals surface area contributed by atoms with Crippen molar-refractivity contribution in [2.45, 2.75) is 13.0 Å². The molecule has 0 aliphatic rings. The molecule has 0 amide bonds. The summed E-state index contributed by atoms with van der Waals surface area (Å²) in [6, 6.07) is 12.1. The number of hydrogen-bond acceptors (Lipinski definition) is 3. The molecule has 0 aliphatic heterocycles. The van der Waals surface area contributed by atoms with Gasteiger partial charge in [-0.3, -0.25) is 9.67 Å². The van der Waals surface area contributed by atoms with E-state index in [-0.39, 0.29) is 0 Å². The molecular formula is C18H23N7. The SMILES string of the molecule is CN=C(NCCc1cnn(-c2ccccc2)c1)NCc1ccnn1C. The summed E-state index contributed by atoms with van der Waals surface area (Å²) in [4.78, 5) is 4.25. The van der Waals surface area contributed by atoms with E-state index in [1.807, 2.05) is 59.0 Å². The first-order valence-electron chi connectivity index (χ1n) is 8.26. The van der Waals surface area contributed by atoms with Crippen molar-refractivity contribution >= 4 is 5.96 Å². The van der Waals surface area contributed by atoms with Crippen LogP contribution in [-0.4, -0.2) is 39.1 Å². The van der Waals surface area contributed by atoms with E-state index >= 15 is 0 Å². The minimum atomic E-state index is 0.683. The number of aliphatic imine (C=N–C) groups is 1. The number of nitrogens with one attached hydrogen (secondary N) is 2. The number of nitrogens with zero attached hydrogens (tertiary/aromatic N) is 5. The normalized spacial score (nSPS) is 11.5. The third kappa shape index (κ3) is 4.47. The zero-order valence-corrected chi connectivity index (χ0v) is 14.6. The monoisotopic (exact) mass is 337 g/mol. The third-order valence-electron chi connectivity index (χ3n) is 3.95. The molecule has 3 aromatic rings. The number of hydrogen-bond donors (Lipinski definition) is 2. The average molecular weight is 337 g/mol. The van der Waals surface area contributed by atoms with Crippen molar-refractivity contribution < 1.29 is 0 Å². The summed E-state index contributed by atoms with van der Waals surface area (Å²) in [5, 5.41) is 15.2. The van der Waals surface area contributed by atoms with Crippen LogP contribution in [0.25, 0.3) is 5.69 Å². The van der Waals surface area contributed by atoms with Crippen LogP contribution in [0, 0.1) is 0 Å². The van der Waals surface area contributed by atoms with Crippen molar-refractivity contribution in [2.75, 3.05) is 13.6 Å². The summed E-state index contributed by atoms with van der Waals surface area (Å²) in [6.45, 7) is 1.47. The fourth-order valence-electron chi connectivity index (χ4n) is 2.51. The molecule has 3 rings (SSSR count). The van der Waals surface area contributed by atoms with E-state index in [2.05, 4.69) is 32.0 Å². The molecule has 0 fully saturated rings. The Bertz CT molecular complexity index is 817. The highest BCUT2D eigenvalue weighted by Gasteiger charge is 2.03. The molecular weight excluding hydrogens is 314 g/mol. The van der Waals surface area contributed by atoms with Crippen molar-refractivity contribution in [1.82, 2.24) is 30.2 Å². The zero-order valence-electron chi connectivity index (χ0n) is 14.6. The van der Waals surface area contributed by atoms with Gasteiger partial charge in [-0.2, -0.15) is 10.2 Å². The highest BCUT2D eigenvalue weighted by Crippen LogP contribution is 2.07. The van der Waals surface area contributed by atoms with Gasteiger partial charge in [-0.25, -0.2) is 4.68 Å². The molecule has 0 radical (unpaired) electrons. The lowest BCUT2D eigenvalue weighted by atomic mass is 10.2. The van der Waals surface area contributed by atoms with E-state index in [0.29, 0.717) is 6.54 Å². The smallest absolute Gasteiger partial charge is 0.191 e. The molecule has 0 unspecified atom stereocenters. The summed E-state index contributed by atoms with van der Waals surface area (Å²) in [5.74, 6) is 0.775. The predicted octanol–water partition coefficient (Wildman–Crippen LogP) is 1.51. The molecule has 1 aromatic carbocycles. The summed E-state index contributed by atoms with van der Waals surface area (Å²) >= 11 is 0. The molecule has 2 aromatic heterocycles. The van der Waals surface area contributed by atoms with Crippen LogP contribution in [0.3, 0.4) is 0 Å². The summed E-state index contributed by atoms with van der Waals surface area (Å²) in [5.41, 5.74) is 3.35. The van der Waals surface area contributed by atoms with Crippen LogP contribution in [0.15, 0.2) is 60.0 Å². The minimum absolute atomic E-state index is 0.683. The van der Waals surface area contributed by atoms with Crippen LogP contribution >= 0.6 is 0 Å². The molecule has 0 saturated heterocycles. The molecule has 0 saturated carbocycles. The topological polar surface area (TPSA) is 72.1 Å². The van der Waals surface area contributed by atoms with Crippen LogP contribution in [0.2, 0.25) is 0 Å².